The highest BCUT2D eigenvalue weighted by Gasteiger charge is 2.19. The molecule has 2 aromatic rings. The predicted octanol–water partition coefficient (Wildman–Crippen LogP) is 3.85. The van der Waals surface area contributed by atoms with E-state index < -0.39 is 16.0 Å². The van der Waals surface area contributed by atoms with E-state index in [1.54, 1.807) is 12.1 Å². The molecule has 0 spiro atoms. The van der Waals surface area contributed by atoms with E-state index in [1.807, 2.05) is 13.8 Å². The van der Waals surface area contributed by atoms with Crippen molar-refractivity contribution in [3.63, 3.8) is 0 Å². The molecular weight excluding hydrogens is 462 g/mol. The first-order valence-electron chi connectivity index (χ1n) is 8.98. The van der Waals surface area contributed by atoms with Gasteiger partial charge in [-0.05, 0) is 44.2 Å². The number of rotatable bonds is 9. The summed E-state index contributed by atoms with van der Waals surface area (Å²) in [6, 6.07) is 9.27. The fourth-order valence-electron chi connectivity index (χ4n) is 2.45. The maximum absolute atomic E-state index is 12.5. The summed E-state index contributed by atoms with van der Waals surface area (Å²) < 4.78 is 42.8. The highest BCUT2D eigenvalue weighted by atomic mass is 79.9. The maximum Gasteiger partial charge on any atom is 0.338 e. The Morgan fingerprint density at radius 2 is 1.66 bits per heavy atom. The van der Waals surface area contributed by atoms with Gasteiger partial charge in [-0.1, -0.05) is 22.0 Å². The quantitative estimate of drug-likeness (QED) is 0.501. The first-order chi connectivity index (χ1) is 13.7. The lowest BCUT2D eigenvalue weighted by Gasteiger charge is -2.15. The molecule has 0 fully saturated rings. The zero-order valence-corrected chi connectivity index (χ0v) is 19.2. The number of nitrogens with zero attached hydrogens (tertiary/aromatic N) is 1. The SMILES string of the molecule is CCOc1cc(Br)c(COC(=O)c2cccc(S(=O)(=O)N(C)C)c2)cc1OCC. The van der Waals surface area contributed by atoms with Crippen molar-refractivity contribution in [3.8, 4) is 11.5 Å². The molecule has 0 unspecified atom stereocenters. The smallest absolute Gasteiger partial charge is 0.338 e. The van der Waals surface area contributed by atoms with Crippen LogP contribution in [0, 0.1) is 0 Å². The van der Waals surface area contributed by atoms with Gasteiger partial charge in [-0.3, -0.25) is 0 Å². The minimum absolute atomic E-state index is 0.0173. The molecule has 2 aromatic carbocycles. The highest BCUT2D eigenvalue weighted by Crippen LogP contribution is 2.34. The number of carbonyl (C=O) groups is 1. The fraction of sp³-hybridized carbons (Fsp3) is 0.350. The van der Waals surface area contributed by atoms with Crippen LogP contribution in [0.4, 0.5) is 0 Å². The van der Waals surface area contributed by atoms with E-state index in [0.717, 1.165) is 4.31 Å². The zero-order chi connectivity index (χ0) is 21.6. The molecule has 0 bridgehead atoms. The summed E-state index contributed by atoms with van der Waals surface area (Å²) in [5.74, 6) is 0.528. The second kappa shape index (κ2) is 10.1. The number of hydrogen-bond acceptors (Lipinski definition) is 6. The van der Waals surface area contributed by atoms with Crippen molar-refractivity contribution in [2.45, 2.75) is 25.3 Å². The highest BCUT2D eigenvalue weighted by molar-refractivity contribution is 9.10. The van der Waals surface area contributed by atoms with Crippen LogP contribution in [-0.2, 0) is 21.4 Å². The molecule has 0 saturated carbocycles. The third kappa shape index (κ3) is 5.71. The molecule has 9 heteroatoms. The minimum atomic E-state index is -3.64. The predicted molar refractivity (Wildman–Crippen MR) is 113 cm³/mol. The molecule has 0 N–H and O–H groups in total. The van der Waals surface area contributed by atoms with Gasteiger partial charge in [0.25, 0.3) is 0 Å². The average Bonchev–Trinajstić information content (AvgIpc) is 2.69. The lowest BCUT2D eigenvalue weighted by Crippen LogP contribution is -2.22. The van der Waals surface area contributed by atoms with Crippen LogP contribution in [-0.4, -0.2) is 46.0 Å². The van der Waals surface area contributed by atoms with Gasteiger partial charge in [0.15, 0.2) is 11.5 Å². The van der Waals surface area contributed by atoms with Crippen molar-refractivity contribution in [2.24, 2.45) is 0 Å². The van der Waals surface area contributed by atoms with Gasteiger partial charge in [0.05, 0.1) is 23.7 Å². The third-order valence-corrected chi connectivity index (χ3v) is 6.47. The van der Waals surface area contributed by atoms with Crippen LogP contribution in [0.15, 0.2) is 45.8 Å². The number of carbonyl (C=O) groups excluding carboxylic acids is 1. The van der Waals surface area contributed by atoms with Gasteiger partial charge < -0.3 is 14.2 Å². The molecule has 0 aromatic heterocycles. The maximum atomic E-state index is 12.5. The van der Waals surface area contributed by atoms with Crippen molar-refractivity contribution in [3.05, 3.63) is 52.0 Å². The Kier molecular flexibility index (Phi) is 8.06. The lowest BCUT2D eigenvalue weighted by atomic mass is 10.2. The van der Waals surface area contributed by atoms with E-state index in [2.05, 4.69) is 15.9 Å². The summed E-state index contributed by atoms with van der Waals surface area (Å²) in [7, 11) is -0.781. The van der Waals surface area contributed by atoms with Crippen LogP contribution in [0.5, 0.6) is 11.5 Å². The molecule has 0 amide bonds. The molecule has 0 saturated heterocycles. The number of hydrogen-bond donors (Lipinski definition) is 0. The largest absolute Gasteiger partial charge is 0.490 e. The van der Waals surface area contributed by atoms with Crippen molar-refractivity contribution in [1.82, 2.24) is 4.31 Å². The Morgan fingerprint density at radius 3 is 2.24 bits per heavy atom. The average molecular weight is 486 g/mol. The first-order valence-corrected chi connectivity index (χ1v) is 11.2. The zero-order valence-electron chi connectivity index (χ0n) is 16.8. The van der Waals surface area contributed by atoms with Gasteiger partial charge in [0, 0.05) is 24.1 Å². The normalized spacial score (nSPS) is 11.4. The summed E-state index contributed by atoms with van der Waals surface area (Å²) in [5.41, 5.74) is 0.849. The van der Waals surface area contributed by atoms with Crippen LogP contribution in [0.3, 0.4) is 0 Å². The topological polar surface area (TPSA) is 82.1 Å². The molecule has 0 radical (unpaired) electrons. The van der Waals surface area contributed by atoms with Gasteiger partial charge in [-0.25, -0.2) is 17.5 Å². The van der Waals surface area contributed by atoms with Crippen molar-refractivity contribution >= 4 is 31.9 Å². The van der Waals surface area contributed by atoms with Gasteiger partial charge in [0.1, 0.15) is 6.61 Å². The van der Waals surface area contributed by atoms with E-state index >= 15 is 0 Å². The van der Waals surface area contributed by atoms with Crippen LogP contribution >= 0.6 is 15.9 Å². The summed E-state index contributed by atoms with van der Waals surface area (Å²) in [6.07, 6.45) is 0. The van der Waals surface area contributed by atoms with Gasteiger partial charge in [0.2, 0.25) is 10.0 Å². The standard InChI is InChI=1S/C20H24BrNO6S/c1-5-26-18-11-15(17(21)12-19(18)27-6-2)13-28-20(23)14-8-7-9-16(10-14)29(24,25)22(3)4/h7-12H,5-6,13H2,1-4H3. The van der Waals surface area contributed by atoms with Crippen molar-refractivity contribution < 1.29 is 27.4 Å². The molecule has 0 aliphatic rings. The molecule has 0 aliphatic heterocycles. The number of ether oxygens (including phenoxy) is 3. The molecule has 29 heavy (non-hydrogen) atoms. The summed E-state index contributed by atoms with van der Waals surface area (Å²) in [6.45, 7) is 4.69. The summed E-state index contributed by atoms with van der Waals surface area (Å²) >= 11 is 3.45. The molecule has 7 nitrogen and oxygen atoms in total. The van der Waals surface area contributed by atoms with Crippen LogP contribution < -0.4 is 9.47 Å². The molecule has 2 rings (SSSR count). The van der Waals surface area contributed by atoms with Gasteiger partial charge in [-0.2, -0.15) is 0 Å². The first kappa shape index (κ1) is 23.2. The van der Waals surface area contributed by atoms with Crippen molar-refractivity contribution in [2.75, 3.05) is 27.3 Å². The van der Waals surface area contributed by atoms with E-state index in [1.165, 1.54) is 38.4 Å². The Morgan fingerprint density at radius 1 is 1.03 bits per heavy atom. The monoisotopic (exact) mass is 485 g/mol. The fourth-order valence-corrected chi connectivity index (χ4v) is 3.83. The number of halogens is 1. The number of benzene rings is 2. The van der Waals surface area contributed by atoms with Crippen LogP contribution in [0.2, 0.25) is 0 Å². The second-order valence-electron chi connectivity index (χ2n) is 6.15. The third-order valence-electron chi connectivity index (χ3n) is 3.92. The Hall–Kier alpha value is -2.10. The summed E-state index contributed by atoms with van der Waals surface area (Å²) in [4.78, 5) is 12.5. The Balaban J connectivity index is 2.20. The number of sulfonamides is 1. The van der Waals surface area contributed by atoms with E-state index in [4.69, 9.17) is 14.2 Å². The molecule has 158 valence electrons. The Labute approximate surface area is 179 Å². The molecular formula is C20H24BrNO6S. The van der Waals surface area contributed by atoms with Crippen LogP contribution in [0.1, 0.15) is 29.8 Å². The molecule has 0 atom stereocenters. The number of esters is 1. The molecule has 0 aliphatic carbocycles. The van der Waals surface area contributed by atoms with Gasteiger partial charge >= 0.3 is 5.97 Å². The second-order valence-corrected chi connectivity index (χ2v) is 9.15. The van der Waals surface area contributed by atoms with Gasteiger partial charge in [-0.15, -0.1) is 0 Å². The van der Waals surface area contributed by atoms with Crippen LogP contribution in [0.25, 0.3) is 0 Å². The summed E-state index contributed by atoms with van der Waals surface area (Å²) in [5, 5.41) is 0. The molecule has 0 heterocycles. The van der Waals surface area contributed by atoms with E-state index in [0.29, 0.717) is 34.7 Å². The van der Waals surface area contributed by atoms with E-state index in [9.17, 15) is 13.2 Å². The van der Waals surface area contributed by atoms with Crippen molar-refractivity contribution in [1.29, 1.82) is 0 Å². The van der Waals surface area contributed by atoms with E-state index in [-0.39, 0.29) is 17.1 Å². The minimum Gasteiger partial charge on any atom is -0.490 e. The lowest BCUT2D eigenvalue weighted by molar-refractivity contribution is 0.0471. The Bertz CT molecular complexity index is 975.